The minimum Gasteiger partial charge on any atom is -0.398 e. The number of nitrogens with one attached hydrogen (secondary N) is 1. The van der Waals surface area contributed by atoms with Gasteiger partial charge in [0.2, 0.25) is 0 Å². The lowest BCUT2D eigenvalue weighted by Gasteiger charge is -2.12. The summed E-state index contributed by atoms with van der Waals surface area (Å²) < 4.78 is 31.5. The zero-order chi connectivity index (χ0) is 14.2. The predicted molar refractivity (Wildman–Crippen MR) is 70.2 cm³/mol. The van der Waals surface area contributed by atoms with E-state index >= 15 is 0 Å². The van der Waals surface area contributed by atoms with E-state index in [1.807, 2.05) is 6.92 Å². The van der Waals surface area contributed by atoms with Crippen LogP contribution in [0.2, 0.25) is 0 Å². The smallest absolute Gasteiger partial charge is 0.335 e. The summed E-state index contributed by atoms with van der Waals surface area (Å²) in [6.07, 6.45) is 0. The molecule has 102 valence electrons. The summed E-state index contributed by atoms with van der Waals surface area (Å²) in [4.78, 5) is 3.83. The van der Waals surface area contributed by atoms with Crippen molar-refractivity contribution < 1.29 is 12.9 Å². The fourth-order valence-electron chi connectivity index (χ4n) is 1.67. The van der Waals surface area contributed by atoms with E-state index in [1.54, 1.807) is 26.0 Å². The monoisotopic (exact) mass is 282 g/mol. The molecule has 2 rings (SSSR count). The Morgan fingerprint density at radius 2 is 1.95 bits per heavy atom. The first-order valence-corrected chi connectivity index (χ1v) is 6.98. The lowest BCUT2D eigenvalue weighted by molar-refractivity contribution is 0.429. The van der Waals surface area contributed by atoms with E-state index in [1.165, 1.54) is 0 Å². The number of aromatic nitrogens is 2. The lowest BCUT2D eigenvalue weighted by Crippen LogP contribution is -2.17. The highest BCUT2D eigenvalue weighted by Crippen LogP contribution is 2.26. The first-order chi connectivity index (χ1) is 8.81. The van der Waals surface area contributed by atoms with Gasteiger partial charge in [-0.15, -0.1) is 0 Å². The van der Waals surface area contributed by atoms with Crippen LogP contribution in [-0.2, 0) is 10.0 Å². The van der Waals surface area contributed by atoms with Gasteiger partial charge in [-0.2, -0.15) is 4.98 Å². The molecule has 1 aromatic carbocycles. The van der Waals surface area contributed by atoms with Crippen molar-refractivity contribution in [1.82, 2.24) is 10.1 Å². The number of benzene rings is 1. The summed E-state index contributed by atoms with van der Waals surface area (Å²) in [5.74, 6) is 0.339. The maximum atomic E-state index is 12.3. The minimum atomic E-state index is -3.86. The number of nitrogens with zero attached hydrogens (tertiary/aromatic N) is 2. The number of sulfonamides is 1. The number of nitrogen functional groups attached to an aromatic ring is 1. The van der Waals surface area contributed by atoms with Gasteiger partial charge in [-0.05, 0) is 38.0 Å². The Kier molecular flexibility index (Phi) is 3.19. The molecular formula is C11H14N4O3S. The molecular weight excluding hydrogens is 268 g/mol. The van der Waals surface area contributed by atoms with Crippen LogP contribution in [0.1, 0.15) is 17.0 Å². The molecule has 0 unspecified atom stereocenters. The third-order valence-corrected chi connectivity index (χ3v) is 4.25. The molecule has 3 N–H and O–H groups in total. The van der Waals surface area contributed by atoms with E-state index < -0.39 is 10.0 Å². The fourth-order valence-corrected chi connectivity index (χ4v) is 3.03. The SMILES string of the molecule is Cc1noc(NS(=O)(=O)c2c(N)ccc(C)c2C)n1. The summed E-state index contributed by atoms with van der Waals surface area (Å²) in [6.45, 7) is 5.09. The third-order valence-electron chi connectivity index (χ3n) is 2.73. The standard InChI is InChI=1S/C11H14N4O3S/c1-6-4-5-9(12)10(7(6)2)19(16,17)15-11-13-8(3)14-18-11/h4-5H,12H2,1-3H3,(H,13,14,15). The molecule has 19 heavy (non-hydrogen) atoms. The Bertz CT molecular complexity index is 722. The van der Waals surface area contributed by atoms with Crippen LogP contribution in [0.25, 0.3) is 0 Å². The van der Waals surface area contributed by atoms with E-state index in [-0.39, 0.29) is 16.6 Å². The molecule has 0 spiro atoms. The second kappa shape index (κ2) is 4.54. The molecule has 0 aliphatic heterocycles. The molecule has 1 heterocycles. The summed E-state index contributed by atoms with van der Waals surface area (Å²) in [5.41, 5.74) is 7.34. The van der Waals surface area contributed by atoms with E-state index in [0.717, 1.165) is 5.56 Å². The van der Waals surface area contributed by atoms with Gasteiger partial charge in [0.25, 0.3) is 10.0 Å². The number of anilines is 2. The molecule has 7 nitrogen and oxygen atoms in total. The molecule has 0 saturated carbocycles. The average molecular weight is 282 g/mol. The molecule has 0 radical (unpaired) electrons. The highest BCUT2D eigenvalue weighted by atomic mass is 32.2. The van der Waals surface area contributed by atoms with Crippen LogP contribution >= 0.6 is 0 Å². The Hall–Kier alpha value is -2.09. The van der Waals surface area contributed by atoms with Crippen molar-refractivity contribution in [3.8, 4) is 0 Å². The van der Waals surface area contributed by atoms with Crippen molar-refractivity contribution in [2.45, 2.75) is 25.7 Å². The van der Waals surface area contributed by atoms with Crippen LogP contribution in [-0.4, -0.2) is 18.6 Å². The van der Waals surface area contributed by atoms with E-state index in [0.29, 0.717) is 11.4 Å². The van der Waals surface area contributed by atoms with Crippen molar-refractivity contribution in [3.05, 3.63) is 29.1 Å². The van der Waals surface area contributed by atoms with Crippen molar-refractivity contribution in [3.63, 3.8) is 0 Å². The number of rotatable bonds is 3. The molecule has 2 aromatic rings. The topological polar surface area (TPSA) is 111 Å². The van der Waals surface area contributed by atoms with Crippen LogP contribution in [0.15, 0.2) is 21.6 Å². The Morgan fingerprint density at radius 1 is 1.26 bits per heavy atom. The van der Waals surface area contributed by atoms with Crippen molar-refractivity contribution in [2.75, 3.05) is 10.5 Å². The van der Waals surface area contributed by atoms with Crippen LogP contribution < -0.4 is 10.5 Å². The molecule has 8 heteroatoms. The normalized spacial score (nSPS) is 11.5. The van der Waals surface area contributed by atoms with Crippen LogP contribution in [0.3, 0.4) is 0 Å². The second-order valence-corrected chi connectivity index (χ2v) is 5.80. The molecule has 1 aromatic heterocycles. The van der Waals surface area contributed by atoms with Gasteiger partial charge in [0, 0.05) is 0 Å². The van der Waals surface area contributed by atoms with E-state index in [9.17, 15) is 8.42 Å². The van der Waals surface area contributed by atoms with Crippen LogP contribution in [0, 0.1) is 20.8 Å². The minimum absolute atomic E-state index is 0.0309. The molecule has 0 fully saturated rings. The summed E-state index contributed by atoms with van der Waals surface area (Å²) in [7, 11) is -3.86. The maximum absolute atomic E-state index is 12.3. The zero-order valence-corrected chi connectivity index (χ0v) is 11.6. The Morgan fingerprint density at radius 3 is 2.53 bits per heavy atom. The van der Waals surface area contributed by atoms with Crippen molar-refractivity contribution in [2.24, 2.45) is 0 Å². The molecule has 0 aliphatic rings. The van der Waals surface area contributed by atoms with Crippen LogP contribution in [0.4, 0.5) is 11.7 Å². The highest BCUT2D eigenvalue weighted by molar-refractivity contribution is 7.93. The fraction of sp³-hybridized carbons (Fsp3) is 0.273. The van der Waals surface area contributed by atoms with Gasteiger partial charge in [-0.3, -0.25) is 0 Å². The number of hydrogen-bond donors (Lipinski definition) is 2. The predicted octanol–water partition coefficient (Wildman–Crippen LogP) is 1.38. The van der Waals surface area contributed by atoms with Gasteiger partial charge >= 0.3 is 6.01 Å². The van der Waals surface area contributed by atoms with Gasteiger partial charge in [-0.1, -0.05) is 11.2 Å². The first-order valence-electron chi connectivity index (χ1n) is 5.50. The van der Waals surface area contributed by atoms with Gasteiger partial charge in [0.1, 0.15) is 4.90 Å². The largest absolute Gasteiger partial charge is 0.398 e. The molecule has 0 atom stereocenters. The maximum Gasteiger partial charge on any atom is 0.335 e. The highest BCUT2D eigenvalue weighted by Gasteiger charge is 2.23. The second-order valence-electron chi connectivity index (χ2n) is 4.18. The zero-order valence-electron chi connectivity index (χ0n) is 10.8. The number of aryl methyl sites for hydroxylation is 2. The molecule has 0 saturated heterocycles. The quantitative estimate of drug-likeness (QED) is 0.823. The van der Waals surface area contributed by atoms with E-state index in [2.05, 4.69) is 14.9 Å². The summed E-state index contributed by atoms with van der Waals surface area (Å²) >= 11 is 0. The van der Waals surface area contributed by atoms with Gasteiger partial charge < -0.3 is 10.3 Å². The average Bonchev–Trinajstić information content (AvgIpc) is 2.68. The van der Waals surface area contributed by atoms with Gasteiger partial charge in [0.15, 0.2) is 5.82 Å². The van der Waals surface area contributed by atoms with Crippen LogP contribution in [0.5, 0.6) is 0 Å². The lowest BCUT2D eigenvalue weighted by atomic mass is 10.1. The van der Waals surface area contributed by atoms with Crippen molar-refractivity contribution in [1.29, 1.82) is 0 Å². The summed E-state index contributed by atoms with van der Waals surface area (Å²) in [6, 6.07) is 3.13. The van der Waals surface area contributed by atoms with E-state index in [4.69, 9.17) is 10.3 Å². The summed E-state index contributed by atoms with van der Waals surface area (Å²) in [5, 5.41) is 3.51. The third kappa shape index (κ3) is 2.53. The van der Waals surface area contributed by atoms with Crippen molar-refractivity contribution >= 4 is 21.7 Å². The Labute approximate surface area is 110 Å². The Balaban J connectivity index is 2.48. The number of nitrogens with two attached hydrogens (primary N) is 1. The molecule has 0 bridgehead atoms. The van der Waals surface area contributed by atoms with Gasteiger partial charge in [-0.25, -0.2) is 13.1 Å². The van der Waals surface area contributed by atoms with Gasteiger partial charge in [0.05, 0.1) is 5.69 Å². The molecule has 0 aliphatic carbocycles. The first kappa shape index (κ1) is 13.3. The number of hydrogen-bond acceptors (Lipinski definition) is 6. The molecule has 0 amide bonds.